The molecule has 0 aliphatic carbocycles. The summed E-state index contributed by atoms with van der Waals surface area (Å²) in [5, 5.41) is 0. The van der Waals surface area contributed by atoms with Gasteiger partial charge in [0.25, 0.3) is 0 Å². The summed E-state index contributed by atoms with van der Waals surface area (Å²) < 4.78 is 0. The van der Waals surface area contributed by atoms with Gasteiger partial charge in [0, 0.05) is 0 Å². The average molecular weight is 225 g/mol. The molecule has 0 bridgehead atoms. The van der Waals surface area contributed by atoms with E-state index in [9.17, 15) is 0 Å². The molecule has 0 rings (SSSR count). The third-order valence-corrected chi connectivity index (χ3v) is 3.43. The van der Waals surface area contributed by atoms with Gasteiger partial charge in [-0.1, -0.05) is 85.5 Å². The van der Waals surface area contributed by atoms with Crippen LogP contribution < -0.4 is 0 Å². The van der Waals surface area contributed by atoms with Crippen LogP contribution in [0.2, 0.25) is 0 Å². The number of hydrogen-bond acceptors (Lipinski definition) is 0. The molecule has 0 fully saturated rings. The lowest BCUT2D eigenvalue weighted by Gasteiger charge is -2.16. The Labute approximate surface area is 104 Å². The lowest BCUT2D eigenvalue weighted by Crippen LogP contribution is -2.04. The van der Waals surface area contributed by atoms with Crippen molar-refractivity contribution in [2.45, 2.75) is 85.5 Å². The molecule has 0 aliphatic heterocycles. The van der Waals surface area contributed by atoms with Crippen LogP contribution in [0.3, 0.4) is 0 Å². The van der Waals surface area contributed by atoms with E-state index < -0.39 is 0 Å². The molecule has 0 heteroatoms. The van der Waals surface area contributed by atoms with Gasteiger partial charge in [-0.3, -0.25) is 0 Å². The van der Waals surface area contributed by atoms with Crippen molar-refractivity contribution in [1.82, 2.24) is 0 Å². The molecule has 0 spiro atoms. The summed E-state index contributed by atoms with van der Waals surface area (Å²) in [7, 11) is 0. The highest BCUT2D eigenvalue weighted by atomic mass is 14.1. The Hall–Kier alpha value is 0. The zero-order valence-corrected chi connectivity index (χ0v) is 12.1. The van der Waals surface area contributed by atoms with Gasteiger partial charge in [0.2, 0.25) is 0 Å². The standard InChI is InChI=1S/C16H33/c1-5-7-9-11-13-16(4)14-15(3)12-10-8-6-2/h14-16H,5-13H2,1-4H3. The molecule has 0 nitrogen and oxygen atoms in total. The third kappa shape index (κ3) is 10.5. The van der Waals surface area contributed by atoms with Gasteiger partial charge in [0.05, 0.1) is 0 Å². The van der Waals surface area contributed by atoms with E-state index in [4.69, 9.17) is 0 Å². The number of unbranched alkanes of at least 4 members (excludes halogenated alkanes) is 5. The molecule has 0 aromatic heterocycles. The van der Waals surface area contributed by atoms with Crippen LogP contribution in [-0.4, -0.2) is 0 Å². The zero-order valence-electron chi connectivity index (χ0n) is 12.1. The predicted octanol–water partition coefficient (Wildman–Crippen LogP) is 6.01. The summed E-state index contributed by atoms with van der Waals surface area (Å²) >= 11 is 0. The maximum Gasteiger partial charge on any atom is -0.0329 e. The normalized spacial score (nSPS) is 15.0. The molecule has 0 heterocycles. The fourth-order valence-electron chi connectivity index (χ4n) is 2.36. The maximum atomic E-state index is 2.58. The van der Waals surface area contributed by atoms with Crippen LogP contribution >= 0.6 is 0 Å². The summed E-state index contributed by atoms with van der Waals surface area (Å²) in [6.45, 7) is 9.34. The van der Waals surface area contributed by atoms with Gasteiger partial charge < -0.3 is 0 Å². The summed E-state index contributed by atoms with van der Waals surface area (Å²) in [6, 6.07) is 0. The van der Waals surface area contributed by atoms with Crippen molar-refractivity contribution in [2.75, 3.05) is 0 Å². The molecule has 0 aromatic carbocycles. The fourth-order valence-corrected chi connectivity index (χ4v) is 2.36. The molecular formula is C16H33. The first-order chi connectivity index (χ1) is 7.70. The quantitative estimate of drug-likeness (QED) is 0.377. The first kappa shape index (κ1) is 16.0. The molecule has 0 aromatic rings. The predicted molar refractivity (Wildman–Crippen MR) is 75.5 cm³/mol. The van der Waals surface area contributed by atoms with E-state index in [2.05, 4.69) is 34.1 Å². The van der Waals surface area contributed by atoms with Crippen LogP contribution in [0, 0.1) is 18.3 Å². The van der Waals surface area contributed by atoms with Crippen molar-refractivity contribution < 1.29 is 0 Å². The van der Waals surface area contributed by atoms with E-state index in [-0.39, 0.29) is 0 Å². The van der Waals surface area contributed by atoms with Crippen molar-refractivity contribution in [3.8, 4) is 0 Å². The maximum absolute atomic E-state index is 2.58. The molecular weight excluding hydrogens is 192 g/mol. The van der Waals surface area contributed by atoms with Crippen molar-refractivity contribution in [2.24, 2.45) is 11.8 Å². The molecule has 0 N–H and O–H groups in total. The Balaban J connectivity index is 3.35. The first-order valence-electron chi connectivity index (χ1n) is 7.55. The molecule has 2 atom stereocenters. The van der Waals surface area contributed by atoms with Gasteiger partial charge in [0.15, 0.2) is 0 Å². The highest BCUT2D eigenvalue weighted by molar-refractivity contribution is 4.78. The minimum absolute atomic E-state index is 0.827. The summed E-state index contributed by atoms with van der Waals surface area (Å²) in [4.78, 5) is 0. The SMILES string of the molecule is CCCCCCC(C)[CH]C(C)CCCCC. The van der Waals surface area contributed by atoms with E-state index >= 15 is 0 Å². The average Bonchev–Trinajstić information content (AvgIpc) is 2.25. The summed E-state index contributed by atoms with van der Waals surface area (Å²) in [6.07, 6.45) is 15.2. The van der Waals surface area contributed by atoms with Crippen LogP contribution in [0.25, 0.3) is 0 Å². The Morgan fingerprint density at radius 2 is 1.12 bits per heavy atom. The highest BCUT2D eigenvalue weighted by Gasteiger charge is 2.08. The number of rotatable bonds is 11. The van der Waals surface area contributed by atoms with Gasteiger partial charge >= 0.3 is 0 Å². The van der Waals surface area contributed by atoms with E-state index in [1.54, 1.807) is 0 Å². The Kier molecular flexibility index (Phi) is 11.5. The van der Waals surface area contributed by atoms with E-state index in [0.29, 0.717) is 0 Å². The third-order valence-electron chi connectivity index (χ3n) is 3.43. The minimum atomic E-state index is 0.827. The van der Waals surface area contributed by atoms with Crippen LogP contribution in [0.4, 0.5) is 0 Å². The highest BCUT2D eigenvalue weighted by Crippen LogP contribution is 2.21. The van der Waals surface area contributed by atoms with E-state index in [0.717, 1.165) is 11.8 Å². The zero-order chi connectivity index (χ0) is 12.2. The molecule has 2 unspecified atom stereocenters. The van der Waals surface area contributed by atoms with Gasteiger partial charge in [-0.25, -0.2) is 0 Å². The van der Waals surface area contributed by atoms with E-state index in [1.165, 1.54) is 57.8 Å². The topological polar surface area (TPSA) is 0 Å². The molecule has 0 amide bonds. The number of hydrogen-bond donors (Lipinski definition) is 0. The lowest BCUT2D eigenvalue weighted by molar-refractivity contribution is 0.455. The Bertz CT molecular complexity index is 128. The van der Waals surface area contributed by atoms with Crippen LogP contribution in [0.15, 0.2) is 0 Å². The van der Waals surface area contributed by atoms with Crippen molar-refractivity contribution in [1.29, 1.82) is 0 Å². The van der Waals surface area contributed by atoms with Gasteiger partial charge in [-0.05, 0) is 18.3 Å². The minimum Gasteiger partial charge on any atom is -0.0654 e. The largest absolute Gasteiger partial charge is 0.0654 e. The summed E-state index contributed by atoms with van der Waals surface area (Å²) in [5.74, 6) is 1.65. The van der Waals surface area contributed by atoms with Crippen molar-refractivity contribution in [3.63, 3.8) is 0 Å². The Morgan fingerprint density at radius 1 is 0.688 bits per heavy atom. The fraction of sp³-hybridized carbons (Fsp3) is 0.938. The van der Waals surface area contributed by atoms with Gasteiger partial charge in [0.1, 0.15) is 0 Å². The molecule has 16 heavy (non-hydrogen) atoms. The van der Waals surface area contributed by atoms with Crippen molar-refractivity contribution >= 4 is 0 Å². The van der Waals surface area contributed by atoms with Crippen LogP contribution in [0.5, 0.6) is 0 Å². The van der Waals surface area contributed by atoms with E-state index in [1.807, 2.05) is 0 Å². The van der Waals surface area contributed by atoms with Gasteiger partial charge in [-0.2, -0.15) is 0 Å². The Morgan fingerprint density at radius 3 is 1.62 bits per heavy atom. The molecule has 1 radical (unpaired) electrons. The lowest BCUT2D eigenvalue weighted by atomic mass is 9.89. The molecule has 0 saturated carbocycles. The second-order valence-electron chi connectivity index (χ2n) is 5.49. The van der Waals surface area contributed by atoms with Gasteiger partial charge in [-0.15, -0.1) is 0 Å². The van der Waals surface area contributed by atoms with Crippen LogP contribution in [-0.2, 0) is 0 Å². The summed E-state index contributed by atoms with van der Waals surface area (Å²) in [5.41, 5.74) is 0. The smallest absolute Gasteiger partial charge is 0.0329 e. The first-order valence-corrected chi connectivity index (χ1v) is 7.55. The monoisotopic (exact) mass is 225 g/mol. The molecule has 0 aliphatic rings. The van der Waals surface area contributed by atoms with Crippen LogP contribution in [0.1, 0.15) is 85.5 Å². The second-order valence-corrected chi connectivity index (χ2v) is 5.49. The molecule has 97 valence electrons. The van der Waals surface area contributed by atoms with Crippen molar-refractivity contribution in [3.05, 3.63) is 6.42 Å². The second kappa shape index (κ2) is 11.5. The molecule has 0 saturated heterocycles.